The molecule has 0 aliphatic carbocycles. The molecular weight excluding hydrogens is 206 g/mol. The molecule has 76 valence electrons. The Morgan fingerprint density at radius 3 is 2.13 bits per heavy atom. The molecule has 0 aliphatic rings. The van der Waals surface area contributed by atoms with Gasteiger partial charge in [-0.1, -0.05) is 48.0 Å². The van der Waals surface area contributed by atoms with Crippen molar-refractivity contribution in [2.24, 2.45) is 0 Å². The van der Waals surface area contributed by atoms with Gasteiger partial charge in [0.15, 0.2) is 0 Å². The first kappa shape index (κ1) is 10.1. The van der Waals surface area contributed by atoms with Gasteiger partial charge in [-0.05, 0) is 23.3 Å². The summed E-state index contributed by atoms with van der Waals surface area (Å²) in [6.07, 6.45) is 0.784. The van der Waals surface area contributed by atoms with E-state index in [0.29, 0.717) is 0 Å². The van der Waals surface area contributed by atoms with Gasteiger partial charge in [0.05, 0.1) is 0 Å². The van der Waals surface area contributed by atoms with Crippen LogP contribution in [0.5, 0.6) is 0 Å². The van der Waals surface area contributed by atoms with Crippen LogP contribution in [0.3, 0.4) is 0 Å². The van der Waals surface area contributed by atoms with Gasteiger partial charge in [-0.25, -0.2) is 0 Å². The van der Waals surface area contributed by atoms with Crippen LogP contribution in [-0.2, 0) is 6.42 Å². The lowest BCUT2D eigenvalue weighted by Crippen LogP contribution is -1.95. The molecule has 0 saturated heterocycles. The number of hydrogen-bond acceptors (Lipinski definition) is 1. The van der Waals surface area contributed by atoms with Crippen molar-refractivity contribution >= 4 is 17.3 Å². The Labute approximate surface area is 94.5 Å². The topological polar surface area (TPSA) is 26.0 Å². The molecule has 0 amide bonds. The standard InChI is InChI=1S/C13H12ClN/c14-12-7-3-1-5-10(12)9-11-6-2-4-8-13(11)15/h1-8H,9,15H2. The van der Waals surface area contributed by atoms with Crippen LogP contribution >= 0.6 is 11.6 Å². The summed E-state index contributed by atoms with van der Waals surface area (Å²) in [6.45, 7) is 0. The normalized spacial score (nSPS) is 10.2. The highest BCUT2D eigenvalue weighted by Gasteiger charge is 2.02. The van der Waals surface area contributed by atoms with Crippen LogP contribution in [0.15, 0.2) is 48.5 Å². The molecule has 0 aromatic heterocycles. The summed E-state index contributed by atoms with van der Waals surface area (Å²) in [7, 11) is 0. The fourth-order valence-electron chi connectivity index (χ4n) is 1.54. The minimum Gasteiger partial charge on any atom is -0.398 e. The number of anilines is 1. The fourth-order valence-corrected chi connectivity index (χ4v) is 1.74. The monoisotopic (exact) mass is 217 g/mol. The third-order valence-corrected chi connectivity index (χ3v) is 2.76. The summed E-state index contributed by atoms with van der Waals surface area (Å²) in [5, 5.41) is 0.792. The highest BCUT2D eigenvalue weighted by molar-refractivity contribution is 6.31. The number of nitrogens with two attached hydrogens (primary N) is 1. The van der Waals surface area contributed by atoms with E-state index in [0.717, 1.165) is 28.3 Å². The van der Waals surface area contributed by atoms with E-state index in [9.17, 15) is 0 Å². The predicted octanol–water partition coefficient (Wildman–Crippen LogP) is 3.51. The Hall–Kier alpha value is -1.47. The molecule has 15 heavy (non-hydrogen) atoms. The predicted molar refractivity (Wildman–Crippen MR) is 65.1 cm³/mol. The van der Waals surface area contributed by atoms with Crippen molar-refractivity contribution in [1.82, 2.24) is 0 Å². The SMILES string of the molecule is Nc1ccccc1Cc1ccccc1Cl. The summed E-state index contributed by atoms with van der Waals surface area (Å²) < 4.78 is 0. The summed E-state index contributed by atoms with van der Waals surface area (Å²) >= 11 is 6.09. The van der Waals surface area contributed by atoms with E-state index in [4.69, 9.17) is 17.3 Å². The molecular formula is C13H12ClN. The minimum absolute atomic E-state index is 0.784. The maximum absolute atomic E-state index is 6.09. The maximum atomic E-state index is 6.09. The minimum atomic E-state index is 0.784. The first-order chi connectivity index (χ1) is 7.27. The maximum Gasteiger partial charge on any atom is 0.0441 e. The lowest BCUT2D eigenvalue weighted by Gasteiger charge is -2.06. The first-order valence-electron chi connectivity index (χ1n) is 4.84. The summed E-state index contributed by atoms with van der Waals surface area (Å²) in [5.74, 6) is 0. The Balaban J connectivity index is 2.30. The van der Waals surface area contributed by atoms with E-state index >= 15 is 0 Å². The fraction of sp³-hybridized carbons (Fsp3) is 0.0769. The summed E-state index contributed by atoms with van der Waals surface area (Å²) in [6, 6.07) is 15.7. The Morgan fingerprint density at radius 1 is 0.867 bits per heavy atom. The molecule has 0 radical (unpaired) electrons. The summed E-state index contributed by atoms with van der Waals surface area (Å²) in [4.78, 5) is 0. The van der Waals surface area contributed by atoms with Crippen LogP contribution < -0.4 is 5.73 Å². The molecule has 0 heterocycles. The van der Waals surface area contributed by atoms with Gasteiger partial charge < -0.3 is 5.73 Å². The number of halogens is 1. The summed E-state index contributed by atoms with van der Waals surface area (Å²) in [5.41, 5.74) is 8.92. The van der Waals surface area contributed by atoms with Crippen LogP contribution in [0.2, 0.25) is 5.02 Å². The number of para-hydroxylation sites is 1. The van der Waals surface area contributed by atoms with Crippen LogP contribution in [0.4, 0.5) is 5.69 Å². The van der Waals surface area contributed by atoms with Crippen molar-refractivity contribution in [2.45, 2.75) is 6.42 Å². The Bertz CT molecular complexity index is 422. The highest BCUT2D eigenvalue weighted by Crippen LogP contribution is 2.21. The lowest BCUT2D eigenvalue weighted by molar-refractivity contribution is 1.20. The largest absolute Gasteiger partial charge is 0.398 e. The molecule has 0 atom stereocenters. The molecule has 1 nitrogen and oxygen atoms in total. The van der Waals surface area contributed by atoms with Gasteiger partial charge in [0.1, 0.15) is 0 Å². The van der Waals surface area contributed by atoms with E-state index in [1.807, 2.05) is 48.5 Å². The van der Waals surface area contributed by atoms with Gasteiger partial charge >= 0.3 is 0 Å². The van der Waals surface area contributed by atoms with Crippen molar-refractivity contribution in [3.05, 3.63) is 64.7 Å². The van der Waals surface area contributed by atoms with Crippen molar-refractivity contribution in [1.29, 1.82) is 0 Å². The van der Waals surface area contributed by atoms with E-state index in [1.54, 1.807) is 0 Å². The molecule has 2 aromatic carbocycles. The van der Waals surface area contributed by atoms with Gasteiger partial charge in [-0.15, -0.1) is 0 Å². The third kappa shape index (κ3) is 2.31. The quantitative estimate of drug-likeness (QED) is 0.766. The van der Waals surface area contributed by atoms with E-state index in [1.165, 1.54) is 0 Å². The number of nitrogen functional groups attached to an aromatic ring is 1. The van der Waals surface area contributed by atoms with Gasteiger partial charge in [0.2, 0.25) is 0 Å². The zero-order valence-corrected chi connectivity index (χ0v) is 9.04. The molecule has 0 fully saturated rings. The number of benzene rings is 2. The highest BCUT2D eigenvalue weighted by atomic mass is 35.5. The second kappa shape index (κ2) is 4.37. The molecule has 0 unspecified atom stereocenters. The molecule has 2 aromatic rings. The lowest BCUT2D eigenvalue weighted by atomic mass is 10.0. The Kier molecular flexibility index (Phi) is 2.93. The Morgan fingerprint density at radius 2 is 1.47 bits per heavy atom. The first-order valence-corrected chi connectivity index (χ1v) is 5.22. The van der Waals surface area contributed by atoms with Gasteiger partial charge in [-0.3, -0.25) is 0 Å². The molecule has 0 saturated carbocycles. The van der Waals surface area contributed by atoms with Crippen molar-refractivity contribution in [3.63, 3.8) is 0 Å². The second-order valence-electron chi connectivity index (χ2n) is 3.47. The van der Waals surface area contributed by atoms with E-state index < -0.39 is 0 Å². The number of hydrogen-bond donors (Lipinski definition) is 1. The molecule has 2 rings (SSSR count). The van der Waals surface area contributed by atoms with E-state index in [2.05, 4.69) is 0 Å². The average Bonchev–Trinajstić information content (AvgIpc) is 2.24. The molecule has 0 spiro atoms. The zero-order valence-electron chi connectivity index (χ0n) is 8.28. The molecule has 2 N–H and O–H groups in total. The second-order valence-corrected chi connectivity index (χ2v) is 3.87. The van der Waals surface area contributed by atoms with Crippen molar-refractivity contribution < 1.29 is 0 Å². The van der Waals surface area contributed by atoms with Crippen LogP contribution in [0, 0.1) is 0 Å². The van der Waals surface area contributed by atoms with Crippen LogP contribution in [0.25, 0.3) is 0 Å². The van der Waals surface area contributed by atoms with Gasteiger partial charge in [0.25, 0.3) is 0 Å². The smallest absolute Gasteiger partial charge is 0.0441 e. The van der Waals surface area contributed by atoms with Crippen LogP contribution in [0.1, 0.15) is 11.1 Å². The van der Waals surface area contributed by atoms with Gasteiger partial charge in [0, 0.05) is 17.1 Å². The number of rotatable bonds is 2. The average molecular weight is 218 g/mol. The van der Waals surface area contributed by atoms with E-state index in [-0.39, 0.29) is 0 Å². The zero-order chi connectivity index (χ0) is 10.7. The molecule has 0 aliphatic heterocycles. The molecule has 2 heteroatoms. The van der Waals surface area contributed by atoms with Gasteiger partial charge in [-0.2, -0.15) is 0 Å². The van der Waals surface area contributed by atoms with Crippen molar-refractivity contribution in [2.75, 3.05) is 5.73 Å². The third-order valence-electron chi connectivity index (χ3n) is 2.39. The van der Waals surface area contributed by atoms with Crippen molar-refractivity contribution in [3.8, 4) is 0 Å². The molecule has 0 bridgehead atoms. The van der Waals surface area contributed by atoms with Crippen LogP contribution in [-0.4, -0.2) is 0 Å².